The van der Waals surface area contributed by atoms with E-state index in [0.717, 1.165) is 6.07 Å². The standard InChI is InChI=1S/C20H21N3O7/c1-12(19(24)21-14-5-7-17-18(11-14)29-9-8-28-17)30-20(25)13-4-6-15(22(2)3)16(10-13)23(26)27/h4-7,10-12H,8-9H2,1-3H3,(H,21,24)/t12-/m1/s1. The van der Waals surface area contributed by atoms with Gasteiger partial charge in [-0.15, -0.1) is 0 Å². The number of nitrogens with one attached hydrogen (secondary N) is 1. The molecule has 1 atom stereocenters. The topological polar surface area (TPSA) is 120 Å². The summed E-state index contributed by atoms with van der Waals surface area (Å²) in [5.41, 5.74) is 0.549. The molecule has 0 bridgehead atoms. The van der Waals surface area contributed by atoms with Crippen LogP contribution in [0.3, 0.4) is 0 Å². The zero-order chi connectivity index (χ0) is 21.8. The van der Waals surface area contributed by atoms with Crippen LogP contribution in [-0.4, -0.2) is 50.2 Å². The molecule has 3 rings (SSSR count). The molecule has 0 spiro atoms. The molecule has 158 valence electrons. The number of rotatable bonds is 6. The molecule has 0 aliphatic carbocycles. The van der Waals surface area contributed by atoms with Crippen molar-refractivity contribution < 1.29 is 28.7 Å². The molecule has 1 aliphatic heterocycles. The third kappa shape index (κ3) is 4.59. The van der Waals surface area contributed by atoms with Gasteiger partial charge in [-0.1, -0.05) is 0 Å². The summed E-state index contributed by atoms with van der Waals surface area (Å²) in [6.07, 6.45) is -1.13. The Morgan fingerprint density at radius 1 is 1.13 bits per heavy atom. The quantitative estimate of drug-likeness (QED) is 0.434. The Hall–Kier alpha value is -3.82. The van der Waals surface area contributed by atoms with Crippen molar-refractivity contribution in [3.63, 3.8) is 0 Å². The van der Waals surface area contributed by atoms with E-state index >= 15 is 0 Å². The minimum absolute atomic E-state index is 0.0220. The molecule has 1 heterocycles. The van der Waals surface area contributed by atoms with Gasteiger partial charge >= 0.3 is 5.97 Å². The van der Waals surface area contributed by atoms with Crippen molar-refractivity contribution in [3.05, 3.63) is 52.1 Å². The van der Waals surface area contributed by atoms with Crippen LogP contribution in [0.25, 0.3) is 0 Å². The number of carbonyl (C=O) groups excluding carboxylic acids is 2. The lowest BCUT2D eigenvalue weighted by molar-refractivity contribution is -0.384. The van der Waals surface area contributed by atoms with Gasteiger partial charge in [0, 0.05) is 31.9 Å². The van der Waals surface area contributed by atoms with Gasteiger partial charge in [0.2, 0.25) is 0 Å². The van der Waals surface area contributed by atoms with Crippen molar-refractivity contribution in [2.45, 2.75) is 13.0 Å². The van der Waals surface area contributed by atoms with E-state index in [0.29, 0.717) is 36.1 Å². The Kier molecular flexibility index (Phi) is 6.05. The number of benzene rings is 2. The van der Waals surface area contributed by atoms with Gasteiger partial charge in [0.1, 0.15) is 18.9 Å². The first kappa shape index (κ1) is 20.9. The molecule has 2 aromatic rings. The van der Waals surface area contributed by atoms with E-state index in [2.05, 4.69) is 5.32 Å². The fraction of sp³-hybridized carbons (Fsp3) is 0.300. The Balaban J connectivity index is 1.67. The molecule has 0 saturated heterocycles. The van der Waals surface area contributed by atoms with Crippen LogP contribution in [-0.2, 0) is 9.53 Å². The highest BCUT2D eigenvalue weighted by Gasteiger charge is 2.23. The first-order valence-electron chi connectivity index (χ1n) is 9.13. The van der Waals surface area contributed by atoms with Gasteiger partial charge in [0.25, 0.3) is 11.6 Å². The highest BCUT2D eigenvalue weighted by Crippen LogP contribution is 2.32. The van der Waals surface area contributed by atoms with E-state index in [-0.39, 0.29) is 11.3 Å². The fourth-order valence-electron chi connectivity index (χ4n) is 2.82. The summed E-state index contributed by atoms with van der Waals surface area (Å²) in [7, 11) is 3.31. The number of carbonyl (C=O) groups is 2. The first-order valence-corrected chi connectivity index (χ1v) is 9.13. The lowest BCUT2D eigenvalue weighted by Crippen LogP contribution is -2.30. The largest absolute Gasteiger partial charge is 0.486 e. The second-order valence-corrected chi connectivity index (χ2v) is 6.75. The van der Waals surface area contributed by atoms with Crippen LogP contribution < -0.4 is 19.7 Å². The number of anilines is 2. The average Bonchev–Trinajstić information content (AvgIpc) is 2.72. The number of fused-ring (bicyclic) bond motifs is 1. The molecular weight excluding hydrogens is 394 g/mol. The van der Waals surface area contributed by atoms with E-state index < -0.39 is 22.9 Å². The maximum Gasteiger partial charge on any atom is 0.339 e. The van der Waals surface area contributed by atoms with Crippen LogP contribution in [0.5, 0.6) is 11.5 Å². The van der Waals surface area contributed by atoms with Crippen LogP contribution in [0.2, 0.25) is 0 Å². The predicted octanol–water partition coefficient (Wildman–Crippen LogP) is 2.62. The van der Waals surface area contributed by atoms with E-state index in [1.807, 2.05) is 0 Å². The molecule has 10 heteroatoms. The number of hydrogen-bond acceptors (Lipinski definition) is 8. The molecule has 10 nitrogen and oxygen atoms in total. The van der Waals surface area contributed by atoms with Crippen molar-refractivity contribution >= 4 is 28.9 Å². The van der Waals surface area contributed by atoms with Crippen molar-refractivity contribution in [1.29, 1.82) is 0 Å². The van der Waals surface area contributed by atoms with Crippen molar-refractivity contribution in [3.8, 4) is 11.5 Å². The second-order valence-electron chi connectivity index (χ2n) is 6.75. The molecule has 1 amide bonds. The molecule has 2 aromatic carbocycles. The summed E-state index contributed by atoms with van der Waals surface area (Å²) in [6.45, 7) is 2.28. The van der Waals surface area contributed by atoms with Crippen LogP contribution in [0.4, 0.5) is 17.1 Å². The maximum atomic E-state index is 12.4. The number of ether oxygens (including phenoxy) is 3. The lowest BCUT2D eigenvalue weighted by atomic mass is 10.1. The van der Waals surface area contributed by atoms with Gasteiger partial charge in [-0.3, -0.25) is 14.9 Å². The molecule has 0 saturated carbocycles. The van der Waals surface area contributed by atoms with Crippen molar-refractivity contribution in [2.75, 3.05) is 37.5 Å². The molecule has 1 aliphatic rings. The van der Waals surface area contributed by atoms with Gasteiger partial charge in [-0.05, 0) is 31.2 Å². The maximum absolute atomic E-state index is 12.4. The van der Waals surface area contributed by atoms with E-state index in [4.69, 9.17) is 14.2 Å². The van der Waals surface area contributed by atoms with Crippen LogP contribution in [0.15, 0.2) is 36.4 Å². The third-order valence-corrected chi connectivity index (χ3v) is 4.35. The van der Waals surface area contributed by atoms with Gasteiger partial charge in [-0.2, -0.15) is 0 Å². The molecule has 0 radical (unpaired) electrons. The van der Waals surface area contributed by atoms with Gasteiger partial charge < -0.3 is 24.4 Å². The number of hydrogen-bond donors (Lipinski definition) is 1. The van der Waals surface area contributed by atoms with E-state index in [1.165, 1.54) is 19.1 Å². The Bertz CT molecular complexity index is 990. The summed E-state index contributed by atoms with van der Waals surface area (Å²) < 4.78 is 16.1. The zero-order valence-corrected chi connectivity index (χ0v) is 16.7. The molecule has 0 fully saturated rings. The minimum Gasteiger partial charge on any atom is -0.486 e. The Labute approximate surface area is 172 Å². The normalized spacial score (nSPS) is 13.2. The summed E-state index contributed by atoms with van der Waals surface area (Å²) in [5, 5.41) is 13.9. The second kappa shape index (κ2) is 8.68. The zero-order valence-electron chi connectivity index (χ0n) is 16.7. The molecular formula is C20H21N3O7. The average molecular weight is 415 g/mol. The number of nitrogens with zero attached hydrogens (tertiary/aromatic N) is 2. The Morgan fingerprint density at radius 3 is 2.50 bits per heavy atom. The summed E-state index contributed by atoms with van der Waals surface area (Å²) >= 11 is 0. The van der Waals surface area contributed by atoms with Crippen molar-refractivity contribution in [2.24, 2.45) is 0 Å². The Morgan fingerprint density at radius 2 is 1.83 bits per heavy atom. The minimum atomic E-state index is -1.13. The predicted molar refractivity (Wildman–Crippen MR) is 108 cm³/mol. The molecule has 0 unspecified atom stereocenters. The van der Waals surface area contributed by atoms with E-state index in [9.17, 15) is 19.7 Å². The molecule has 30 heavy (non-hydrogen) atoms. The number of nitro benzene ring substituents is 1. The first-order chi connectivity index (χ1) is 14.3. The SMILES string of the molecule is C[C@@H](OC(=O)c1ccc(N(C)C)c([N+](=O)[O-])c1)C(=O)Nc1ccc2c(c1)OCCO2. The monoisotopic (exact) mass is 415 g/mol. The number of esters is 1. The highest BCUT2D eigenvalue weighted by atomic mass is 16.6. The highest BCUT2D eigenvalue weighted by molar-refractivity contribution is 5.98. The number of amides is 1. The lowest BCUT2D eigenvalue weighted by Gasteiger charge is -2.19. The third-order valence-electron chi connectivity index (χ3n) is 4.35. The smallest absolute Gasteiger partial charge is 0.339 e. The van der Waals surface area contributed by atoms with Gasteiger partial charge in [0.05, 0.1) is 10.5 Å². The van der Waals surface area contributed by atoms with Crippen molar-refractivity contribution in [1.82, 2.24) is 0 Å². The summed E-state index contributed by atoms with van der Waals surface area (Å²) in [4.78, 5) is 37.0. The van der Waals surface area contributed by atoms with Crippen LogP contribution >= 0.6 is 0 Å². The number of nitro groups is 1. The summed E-state index contributed by atoms with van der Waals surface area (Å²) in [5.74, 6) is -0.300. The van der Waals surface area contributed by atoms with Gasteiger partial charge in [0.15, 0.2) is 17.6 Å². The fourth-order valence-corrected chi connectivity index (χ4v) is 2.82. The molecule has 1 N–H and O–H groups in total. The van der Waals surface area contributed by atoms with Crippen LogP contribution in [0, 0.1) is 10.1 Å². The summed E-state index contributed by atoms with van der Waals surface area (Å²) in [6, 6.07) is 8.92. The molecule has 0 aromatic heterocycles. The van der Waals surface area contributed by atoms with E-state index in [1.54, 1.807) is 37.2 Å². The van der Waals surface area contributed by atoms with Gasteiger partial charge in [-0.25, -0.2) is 4.79 Å². The van der Waals surface area contributed by atoms with Crippen LogP contribution in [0.1, 0.15) is 17.3 Å².